The van der Waals surface area contributed by atoms with Crippen LogP contribution in [0.1, 0.15) is 70.8 Å². The van der Waals surface area contributed by atoms with E-state index in [4.69, 9.17) is 0 Å². The third kappa shape index (κ3) is 3.82. The first kappa shape index (κ1) is 18.6. The number of nitrogens with one attached hydrogen (secondary N) is 2. The molecule has 2 aromatic rings. The standard InChI is InChI=1S/C19H26N4O2S/c1-4-14-12(3)26-19(16(14)18(25)20-13-8-6-7-9-13)21-17(24)15-10-11-23(5-2)22-15/h10-11,13H,4-9H2,1-3H3,(H,20,25)(H,21,24). The summed E-state index contributed by atoms with van der Waals surface area (Å²) < 4.78 is 1.71. The summed E-state index contributed by atoms with van der Waals surface area (Å²) >= 11 is 1.46. The normalized spacial score (nSPS) is 14.6. The first-order chi connectivity index (χ1) is 12.5. The van der Waals surface area contributed by atoms with E-state index in [1.165, 1.54) is 11.3 Å². The zero-order valence-corrected chi connectivity index (χ0v) is 16.4. The number of amides is 2. The van der Waals surface area contributed by atoms with E-state index in [-0.39, 0.29) is 17.9 Å². The summed E-state index contributed by atoms with van der Waals surface area (Å²) in [5.41, 5.74) is 1.99. The van der Waals surface area contributed by atoms with Crippen molar-refractivity contribution in [2.75, 3.05) is 5.32 Å². The van der Waals surface area contributed by atoms with Crippen LogP contribution in [0.25, 0.3) is 0 Å². The lowest BCUT2D eigenvalue weighted by Crippen LogP contribution is -2.33. The van der Waals surface area contributed by atoms with Gasteiger partial charge in [0.2, 0.25) is 0 Å². The monoisotopic (exact) mass is 374 g/mol. The molecule has 1 aliphatic carbocycles. The summed E-state index contributed by atoms with van der Waals surface area (Å²) in [6.07, 6.45) is 6.94. The number of thiophene rings is 1. The molecule has 0 bridgehead atoms. The maximum atomic E-state index is 12.9. The second-order valence-electron chi connectivity index (χ2n) is 6.66. The Labute approximate surface area is 158 Å². The number of carbonyl (C=O) groups is 2. The van der Waals surface area contributed by atoms with Crippen LogP contribution in [0.2, 0.25) is 0 Å². The summed E-state index contributed by atoms with van der Waals surface area (Å²) in [4.78, 5) is 26.5. The molecule has 26 heavy (non-hydrogen) atoms. The molecule has 0 aromatic carbocycles. The second-order valence-corrected chi connectivity index (χ2v) is 7.88. The highest BCUT2D eigenvalue weighted by molar-refractivity contribution is 7.16. The average Bonchev–Trinajstić information content (AvgIpc) is 3.34. The van der Waals surface area contributed by atoms with Crippen LogP contribution in [0.15, 0.2) is 12.3 Å². The average molecular weight is 375 g/mol. The van der Waals surface area contributed by atoms with Gasteiger partial charge < -0.3 is 10.6 Å². The molecular formula is C19H26N4O2S. The lowest BCUT2D eigenvalue weighted by atomic mass is 10.1. The van der Waals surface area contributed by atoms with Gasteiger partial charge in [-0.05, 0) is 44.7 Å². The van der Waals surface area contributed by atoms with E-state index >= 15 is 0 Å². The molecule has 6 nitrogen and oxygen atoms in total. The Bertz CT molecular complexity index is 803. The maximum absolute atomic E-state index is 12.9. The van der Waals surface area contributed by atoms with Gasteiger partial charge in [0.15, 0.2) is 5.69 Å². The molecule has 2 N–H and O–H groups in total. The second kappa shape index (κ2) is 8.03. The van der Waals surface area contributed by atoms with E-state index < -0.39 is 0 Å². The Morgan fingerprint density at radius 1 is 1.27 bits per heavy atom. The van der Waals surface area contributed by atoms with Crippen LogP contribution in [-0.2, 0) is 13.0 Å². The lowest BCUT2D eigenvalue weighted by Gasteiger charge is -2.14. The third-order valence-corrected chi connectivity index (χ3v) is 5.97. The van der Waals surface area contributed by atoms with Gasteiger partial charge in [0.25, 0.3) is 11.8 Å². The number of aryl methyl sites for hydroxylation is 2. The van der Waals surface area contributed by atoms with Gasteiger partial charge >= 0.3 is 0 Å². The zero-order chi connectivity index (χ0) is 18.7. The zero-order valence-electron chi connectivity index (χ0n) is 15.6. The minimum Gasteiger partial charge on any atom is -0.349 e. The molecule has 0 saturated heterocycles. The van der Waals surface area contributed by atoms with Crippen molar-refractivity contribution in [3.8, 4) is 0 Å². The fourth-order valence-corrected chi connectivity index (χ4v) is 4.62. The number of rotatable bonds is 6. The molecular weight excluding hydrogens is 348 g/mol. The Kier molecular flexibility index (Phi) is 5.76. The van der Waals surface area contributed by atoms with Gasteiger partial charge in [-0.15, -0.1) is 11.3 Å². The largest absolute Gasteiger partial charge is 0.349 e. The van der Waals surface area contributed by atoms with Crippen LogP contribution in [-0.4, -0.2) is 27.6 Å². The smallest absolute Gasteiger partial charge is 0.276 e. The van der Waals surface area contributed by atoms with Gasteiger partial charge in [-0.25, -0.2) is 0 Å². The number of carbonyl (C=O) groups excluding carboxylic acids is 2. The van der Waals surface area contributed by atoms with Crippen LogP contribution in [0, 0.1) is 6.92 Å². The topological polar surface area (TPSA) is 76.0 Å². The fourth-order valence-electron chi connectivity index (χ4n) is 3.49. The van der Waals surface area contributed by atoms with Crippen LogP contribution in [0.4, 0.5) is 5.00 Å². The van der Waals surface area contributed by atoms with Gasteiger partial charge in [0.1, 0.15) is 5.00 Å². The van der Waals surface area contributed by atoms with E-state index in [1.54, 1.807) is 16.9 Å². The van der Waals surface area contributed by atoms with Gasteiger partial charge in [0, 0.05) is 23.7 Å². The first-order valence-corrected chi connectivity index (χ1v) is 10.1. The van der Waals surface area contributed by atoms with E-state index in [1.807, 2.05) is 20.8 Å². The number of hydrogen-bond donors (Lipinski definition) is 2. The molecule has 0 aliphatic heterocycles. The van der Waals surface area contributed by atoms with Gasteiger partial charge in [0.05, 0.1) is 5.56 Å². The maximum Gasteiger partial charge on any atom is 0.276 e. The molecule has 2 aromatic heterocycles. The predicted molar refractivity (Wildman–Crippen MR) is 104 cm³/mol. The Morgan fingerprint density at radius 3 is 2.62 bits per heavy atom. The molecule has 7 heteroatoms. The predicted octanol–water partition coefficient (Wildman–Crippen LogP) is 3.76. The highest BCUT2D eigenvalue weighted by Crippen LogP contribution is 2.34. The molecule has 0 spiro atoms. The molecule has 1 saturated carbocycles. The SMILES string of the molecule is CCc1c(C)sc(NC(=O)c2ccn(CC)n2)c1C(=O)NC1CCCC1. The minimum absolute atomic E-state index is 0.0764. The van der Waals surface area contributed by atoms with Gasteiger partial charge in [-0.1, -0.05) is 19.8 Å². The molecule has 3 rings (SSSR count). The van der Waals surface area contributed by atoms with Crippen molar-refractivity contribution in [2.45, 2.75) is 65.5 Å². The van der Waals surface area contributed by atoms with E-state index in [0.29, 0.717) is 22.8 Å². The number of aromatic nitrogens is 2. The quantitative estimate of drug-likeness (QED) is 0.808. The highest BCUT2D eigenvalue weighted by atomic mass is 32.1. The fraction of sp³-hybridized carbons (Fsp3) is 0.526. The molecule has 1 fully saturated rings. The van der Waals surface area contributed by atoms with Crippen LogP contribution >= 0.6 is 11.3 Å². The third-order valence-electron chi connectivity index (χ3n) is 4.90. The van der Waals surface area contributed by atoms with Crippen molar-refractivity contribution < 1.29 is 9.59 Å². The van der Waals surface area contributed by atoms with E-state index in [9.17, 15) is 9.59 Å². The van der Waals surface area contributed by atoms with Crippen molar-refractivity contribution in [3.05, 3.63) is 34.0 Å². The molecule has 1 aliphatic rings. The molecule has 2 heterocycles. The summed E-state index contributed by atoms with van der Waals surface area (Å²) in [7, 11) is 0. The summed E-state index contributed by atoms with van der Waals surface area (Å²) in [6, 6.07) is 1.94. The molecule has 0 atom stereocenters. The Morgan fingerprint density at radius 2 is 2.00 bits per heavy atom. The number of hydrogen-bond acceptors (Lipinski definition) is 4. The van der Waals surface area contributed by atoms with Crippen molar-refractivity contribution in [2.24, 2.45) is 0 Å². The van der Waals surface area contributed by atoms with E-state index in [0.717, 1.165) is 42.5 Å². The highest BCUT2D eigenvalue weighted by Gasteiger charge is 2.26. The molecule has 140 valence electrons. The van der Waals surface area contributed by atoms with Crippen LogP contribution in [0.5, 0.6) is 0 Å². The van der Waals surface area contributed by atoms with Gasteiger partial charge in [-0.2, -0.15) is 5.10 Å². The van der Waals surface area contributed by atoms with Crippen molar-refractivity contribution in [3.63, 3.8) is 0 Å². The number of nitrogens with zero attached hydrogens (tertiary/aromatic N) is 2. The summed E-state index contributed by atoms with van der Waals surface area (Å²) in [5, 5.41) is 10.9. The number of anilines is 1. The van der Waals surface area contributed by atoms with Gasteiger partial charge in [-0.3, -0.25) is 14.3 Å². The van der Waals surface area contributed by atoms with Crippen molar-refractivity contribution in [1.29, 1.82) is 0 Å². The van der Waals surface area contributed by atoms with Crippen LogP contribution in [0.3, 0.4) is 0 Å². The van der Waals surface area contributed by atoms with Crippen molar-refractivity contribution >= 4 is 28.2 Å². The molecule has 0 radical (unpaired) electrons. The van der Waals surface area contributed by atoms with Crippen LogP contribution < -0.4 is 10.6 Å². The summed E-state index contributed by atoms with van der Waals surface area (Å²) in [5.74, 6) is -0.358. The Hall–Kier alpha value is -2.15. The summed E-state index contributed by atoms with van der Waals surface area (Å²) in [6.45, 7) is 6.71. The molecule has 0 unspecified atom stereocenters. The van der Waals surface area contributed by atoms with Crippen molar-refractivity contribution in [1.82, 2.24) is 15.1 Å². The van der Waals surface area contributed by atoms with E-state index in [2.05, 4.69) is 15.7 Å². The Balaban J connectivity index is 1.83. The molecule has 2 amide bonds. The lowest BCUT2D eigenvalue weighted by molar-refractivity contribution is 0.0938. The minimum atomic E-state index is -0.281. The first-order valence-electron chi connectivity index (χ1n) is 9.31.